The highest BCUT2D eigenvalue weighted by atomic mass is 16.6. The summed E-state index contributed by atoms with van der Waals surface area (Å²) in [6, 6.07) is 11.3. The fraction of sp³-hybridized carbons (Fsp3) is 0.290. The lowest BCUT2D eigenvalue weighted by Gasteiger charge is -2.37. The number of aliphatic hydroxyl groups is 1. The third kappa shape index (κ3) is 5.44. The maximum atomic E-state index is 14.0. The molecule has 0 radical (unpaired) electrons. The molecular weight excluding hydrogens is 556 g/mol. The van der Waals surface area contributed by atoms with E-state index in [1.165, 1.54) is 55.1 Å². The summed E-state index contributed by atoms with van der Waals surface area (Å²) in [6.45, 7) is 3.75. The Hall–Kier alpha value is -5.10. The first-order valence-electron chi connectivity index (χ1n) is 13.6. The monoisotopic (exact) mass is 588 g/mol. The van der Waals surface area contributed by atoms with Crippen molar-refractivity contribution in [2.24, 2.45) is 14.1 Å². The van der Waals surface area contributed by atoms with Crippen LogP contribution in [0.15, 0.2) is 77.0 Å². The molecule has 224 valence electrons. The molecule has 1 aromatic heterocycles. The number of methoxy groups -OCH3 is 1. The van der Waals surface area contributed by atoms with Crippen molar-refractivity contribution < 1.29 is 28.9 Å². The molecule has 12 nitrogen and oxygen atoms in total. The van der Waals surface area contributed by atoms with Crippen LogP contribution < -0.4 is 25.6 Å². The van der Waals surface area contributed by atoms with Gasteiger partial charge in [0.2, 0.25) is 0 Å². The maximum Gasteiger partial charge on any atom is 0.416 e. The van der Waals surface area contributed by atoms with Gasteiger partial charge in [-0.15, -0.1) is 0 Å². The number of aliphatic hydroxyl groups excluding tert-OH is 1. The lowest BCUT2D eigenvalue weighted by molar-refractivity contribution is 0.0476. The van der Waals surface area contributed by atoms with Crippen LogP contribution in [-0.2, 0) is 25.4 Å². The normalized spacial score (nSPS) is 17.8. The van der Waals surface area contributed by atoms with Crippen molar-refractivity contribution in [1.82, 2.24) is 14.0 Å². The van der Waals surface area contributed by atoms with Gasteiger partial charge in [-0.3, -0.25) is 14.2 Å². The number of carbonyl (C=O) groups is 2. The second-order valence-electron chi connectivity index (χ2n) is 10.2. The molecule has 0 fully saturated rings. The molecule has 1 unspecified atom stereocenters. The van der Waals surface area contributed by atoms with Gasteiger partial charge in [-0.25, -0.2) is 14.5 Å². The zero-order valence-electron chi connectivity index (χ0n) is 24.1. The van der Waals surface area contributed by atoms with Gasteiger partial charge >= 0.3 is 11.8 Å². The van der Waals surface area contributed by atoms with Crippen LogP contribution in [0.2, 0.25) is 0 Å². The molecule has 5 rings (SSSR count). The molecule has 3 heterocycles. The summed E-state index contributed by atoms with van der Waals surface area (Å²) in [5.41, 5.74) is 0.838. The average Bonchev–Trinajstić information content (AvgIpc) is 3.11. The van der Waals surface area contributed by atoms with Gasteiger partial charge in [0, 0.05) is 32.9 Å². The number of benzene rings is 2. The van der Waals surface area contributed by atoms with Crippen molar-refractivity contribution in [3.63, 3.8) is 0 Å². The van der Waals surface area contributed by atoms with E-state index in [0.29, 0.717) is 5.57 Å². The fourth-order valence-corrected chi connectivity index (χ4v) is 5.29. The summed E-state index contributed by atoms with van der Waals surface area (Å²) in [5.74, 6) is 0.0448. The minimum absolute atomic E-state index is 0.0674. The molecule has 3 aromatic rings. The van der Waals surface area contributed by atoms with Crippen LogP contribution in [0.25, 0.3) is 5.57 Å². The molecule has 12 heteroatoms. The van der Waals surface area contributed by atoms with E-state index in [9.17, 15) is 24.3 Å². The summed E-state index contributed by atoms with van der Waals surface area (Å²) < 4.78 is 19.2. The molecule has 43 heavy (non-hydrogen) atoms. The van der Waals surface area contributed by atoms with Crippen molar-refractivity contribution in [3.8, 4) is 11.5 Å². The Morgan fingerprint density at radius 2 is 1.84 bits per heavy atom. The first kappa shape index (κ1) is 29.4. The van der Waals surface area contributed by atoms with Crippen molar-refractivity contribution in [2.45, 2.75) is 25.3 Å². The van der Waals surface area contributed by atoms with E-state index in [1.807, 2.05) is 30.3 Å². The Balaban J connectivity index is 1.62. The number of nitrogens with zero attached hydrogens (tertiary/aromatic N) is 4. The van der Waals surface area contributed by atoms with Crippen LogP contribution >= 0.6 is 0 Å². The summed E-state index contributed by atoms with van der Waals surface area (Å²) in [5, 5.41) is 11.7. The fourth-order valence-electron chi connectivity index (χ4n) is 5.29. The number of hydrogen-bond acceptors (Lipinski definition) is 8. The Labute approximate surface area is 247 Å². The zero-order chi connectivity index (χ0) is 30.8. The van der Waals surface area contributed by atoms with Gasteiger partial charge in [-0.2, -0.15) is 0 Å². The third-order valence-electron chi connectivity index (χ3n) is 7.51. The molecule has 2 amide bonds. The molecule has 0 saturated carbocycles. The zero-order valence-corrected chi connectivity index (χ0v) is 24.1. The Kier molecular flexibility index (Phi) is 8.22. The van der Waals surface area contributed by atoms with E-state index >= 15 is 0 Å². The van der Waals surface area contributed by atoms with E-state index in [2.05, 4.69) is 6.58 Å². The molecular formula is C31H32N4O8. The van der Waals surface area contributed by atoms with Gasteiger partial charge in [0.25, 0.3) is 11.5 Å². The third-order valence-corrected chi connectivity index (χ3v) is 7.51. The van der Waals surface area contributed by atoms with Crippen LogP contribution in [0.1, 0.15) is 27.9 Å². The predicted octanol–water partition coefficient (Wildman–Crippen LogP) is 2.43. The molecule has 2 aromatic carbocycles. The number of carbonyl (C=O) groups excluding carboxylic acids is 2. The SMILES string of the molecule is C=CCOC(=O)N1c2cc(OCc3ccccc3)c(OC)cc2C(=O)N2CCC(c3cn(C)c(=O)n(C)c3=O)=C[C@H]2C1O. The van der Waals surface area contributed by atoms with Gasteiger partial charge < -0.3 is 28.8 Å². The minimum atomic E-state index is -1.61. The summed E-state index contributed by atoms with van der Waals surface area (Å²) >= 11 is 0. The maximum absolute atomic E-state index is 14.0. The topological polar surface area (TPSA) is 133 Å². The van der Waals surface area contributed by atoms with Gasteiger partial charge in [-0.05, 0) is 23.6 Å². The largest absolute Gasteiger partial charge is 0.493 e. The Morgan fingerprint density at radius 1 is 1.09 bits per heavy atom. The molecule has 1 N–H and O–H groups in total. The summed E-state index contributed by atoms with van der Waals surface area (Å²) in [4.78, 5) is 55.1. The summed E-state index contributed by atoms with van der Waals surface area (Å²) in [7, 11) is 4.35. The number of hydrogen-bond donors (Lipinski definition) is 1. The molecule has 2 atom stereocenters. The molecule has 0 bridgehead atoms. The van der Waals surface area contributed by atoms with E-state index < -0.39 is 35.5 Å². The second kappa shape index (κ2) is 12.0. The van der Waals surface area contributed by atoms with Gasteiger partial charge in [0.05, 0.1) is 30.0 Å². The predicted molar refractivity (Wildman–Crippen MR) is 158 cm³/mol. The average molecular weight is 589 g/mol. The van der Waals surface area contributed by atoms with Gasteiger partial charge in [0.1, 0.15) is 13.2 Å². The number of aromatic nitrogens is 2. The van der Waals surface area contributed by atoms with E-state index in [0.717, 1.165) is 15.0 Å². The highest BCUT2D eigenvalue weighted by Gasteiger charge is 2.44. The smallest absolute Gasteiger partial charge is 0.416 e. The molecule has 2 aliphatic heterocycles. The highest BCUT2D eigenvalue weighted by Crippen LogP contribution is 2.41. The second-order valence-corrected chi connectivity index (χ2v) is 10.2. The van der Waals surface area contributed by atoms with E-state index in [1.54, 1.807) is 6.08 Å². The van der Waals surface area contributed by atoms with Crippen molar-refractivity contribution in [3.05, 3.63) is 105 Å². The lowest BCUT2D eigenvalue weighted by Crippen LogP contribution is -2.54. The number of fused-ring (bicyclic) bond motifs is 2. The van der Waals surface area contributed by atoms with Gasteiger partial charge in [-0.1, -0.05) is 49.1 Å². The van der Waals surface area contributed by atoms with Crippen LogP contribution in [-0.4, -0.2) is 63.7 Å². The minimum Gasteiger partial charge on any atom is -0.493 e. The van der Waals surface area contributed by atoms with Gasteiger partial charge in [0.15, 0.2) is 17.7 Å². The molecule has 0 spiro atoms. The van der Waals surface area contributed by atoms with Crippen molar-refractivity contribution in [1.29, 1.82) is 0 Å². The first-order chi connectivity index (χ1) is 20.7. The number of aryl methyl sites for hydroxylation is 1. The standard InChI is InChI=1S/C31H32N4O8/c1-5-13-42-31(40)35-23-16-26(43-18-19-9-7-6-8-10-19)25(41-4)15-21(23)28(37)34-12-11-20(14-24(34)29(35)38)22-17-32(2)30(39)33(3)27(22)36/h5-10,14-17,24,29,38H,1,11-13,18H2,2-4H3/t24-,29?/m0/s1. The number of ether oxygens (including phenoxy) is 3. The molecule has 0 aliphatic carbocycles. The Bertz CT molecular complexity index is 1730. The van der Waals surface area contributed by atoms with Crippen LogP contribution in [0.4, 0.5) is 10.5 Å². The quantitative estimate of drug-likeness (QED) is 0.417. The number of amides is 2. The van der Waals surface area contributed by atoms with Crippen LogP contribution in [0, 0.1) is 0 Å². The van der Waals surface area contributed by atoms with Crippen molar-refractivity contribution in [2.75, 3.05) is 25.2 Å². The van der Waals surface area contributed by atoms with Crippen LogP contribution in [0.3, 0.4) is 0 Å². The molecule has 2 aliphatic rings. The number of rotatable bonds is 7. The number of anilines is 1. The van der Waals surface area contributed by atoms with Crippen LogP contribution in [0.5, 0.6) is 11.5 Å². The Morgan fingerprint density at radius 3 is 2.53 bits per heavy atom. The highest BCUT2D eigenvalue weighted by molar-refractivity contribution is 6.06. The molecule has 0 saturated heterocycles. The van der Waals surface area contributed by atoms with E-state index in [4.69, 9.17) is 14.2 Å². The van der Waals surface area contributed by atoms with E-state index in [-0.39, 0.29) is 54.5 Å². The summed E-state index contributed by atoms with van der Waals surface area (Å²) in [6.07, 6.45) is 2.15. The first-order valence-corrected chi connectivity index (χ1v) is 13.6. The lowest BCUT2D eigenvalue weighted by atomic mass is 9.96. The van der Waals surface area contributed by atoms with Crippen molar-refractivity contribution >= 4 is 23.3 Å².